The summed E-state index contributed by atoms with van der Waals surface area (Å²) in [5, 5.41) is 8.28. The van der Waals surface area contributed by atoms with E-state index in [1.807, 2.05) is 66.4 Å². The fourth-order valence-corrected chi connectivity index (χ4v) is 5.75. The number of likely N-dealkylation sites (tertiary alicyclic amines) is 1. The van der Waals surface area contributed by atoms with E-state index in [1.54, 1.807) is 52.5 Å². The Morgan fingerprint density at radius 3 is 2.18 bits per heavy atom. The summed E-state index contributed by atoms with van der Waals surface area (Å²) in [4.78, 5) is 60.1. The SMILES string of the molecule is COc1ccc(C(C)(C(=O)N2CCCC2)n2cnc(NC(=O)C(CCCc3ccccc3)NC(=O)C(C)(C)NC(=O)OC(C)(C)C)c2)cc1. The first-order valence-electron chi connectivity index (χ1n) is 16.8. The number of carbonyl (C=O) groups is 4. The van der Waals surface area contributed by atoms with E-state index in [9.17, 15) is 19.2 Å². The molecule has 1 aliphatic heterocycles. The van der Waals surface area contributed by atoms with Gasteiger partial charge in [0.2, 0.25) is 11.8 Å². The largest absolute Gasteiger partial charge is 0.497 e. The maximum Gasteiger partial charge on any atom is 0.408 e. The molecule has 3 aromatic rings. The zero-order chi connectivity index (χ0) is 35.8. The number of benzene rings is 2. The van der Waals surface area contributed by atoms with Gasteiger partial charge in [-0.3, -0.25) is 14.4 Å². The number of hydrogen-bond donors (Lipinski definition) is 3. The van der Waals surface area contributed by atoms with Gasteiger partial charge < -0.3 is 34.9 Å². The molecule has 1 aromatic heterocycles. The number of alkyl carbamates (subject to hydrolysis) is 1. The fraction of sp³-hybridized carbons (Fsp3) is 0.486. The van der Waals surface area contributed by atoms with Crippen molar-refractivity contribution in [3.63, 3.8) is 0 Å². The van der Waals surface area contributed by atoms with E-state index < -0.39 is 40.6 Å². The molecule has 3 N–H and O–H groups in total. The van der Waals surface area contributed by atoms with E-state index in [0.29, 0.717) is 38.1 Å². The van der Waals surface area contributed by atoms with Gasteiger partial charge in [0.25, 0.3) is 5.91 Å². The molecule has 0 aliphatic carbocycles. The number of aromatic nitrogens is 2. The molecular weight excluding hydrogens is 624 g/mol. The van der Waals surface area contributed by atoms with Crippen LogP contribution >= 0.6 is 0 Å². The highest BCUT2D eigenvalue weighted by atomic mass is 16.6. The molecule has 1 saturated heterocycles. The Balaban J connectivity index is 1.55. The topological polar surface area (TPSA) is 144 Å². The molecule has 2 unspecified atom stereocenters. The average Bonchev–Trinajstić information content (AvgIpc) is 3.76. The number of methoxy groups -OCH3 is 1. The number of amides is 4. The number of rotatable bonds is 13. The minimum atomic E-state index is -1.38. The summed E-state index contributed by atoms with van der Waals surface area (Å²) >= 11 is 0. The third-order valence-corrected chi connectivity index (χ3v) is 8.62. The predicted octanol–water partition coefficient (Wildman–Crippen LogP) is 5.03. The zero-order valence-corrected chi connectivity index (χ0v) is 29.7. The fourth-order valence-electron chi connectivity index (χ4n) is 5.75. The van der Waals surface area contributed by atoms with Gasteiger partial charge in [-0.2, -0.15) is 0 Å². The van der Waals surface area contributed by atoms with Gasteiger partial charge >= 0.3 is 6.09 Å². The Labute approximate surface area is 288 Å². The minimum absolute atomic E-state index is 0.0730. The molecule has 0 spiro atoms. The second kappa shape index (κ2) is 15.6. The third-order valence-electron chi connectivity index (χ3n) is 8.62. The summed E-state index contributed by atoms with van der Waals surface area (Å²) in [5.41, 5.74) is -1.42. The van der Waals surface area contributed by atoms with Crippen LogP contribution in [0, 0.1) is 0 Å². The number of carbonyl (C=O) groups excluding carboxylic acids is 4. The van der Waals surface area contributed by atoms with Gasteiger partial charge in [0, 0.05) is 19.3 Å². The first-order valence-corrected chi connectivity index (χ1v) is 16.8. The minimum Gasteiger partial charge on any atom is -0.497 e. The van der Waals surface area contributed by atoms with Crippen LogP contribution in [-0.2, 0) is 31.1 Å². The standard InChI is InChI=1S/C37H50N6O6/c1-35(2,3)49-34(47)41-36(4,5)32(45)39-29(17-13-16-26-14-9-8-10-15-26)31(44)40-30-24-43(25-38-30)37(6,33(46)42-22-11-12-23-42)27-18-20-28(48-7)21-19-27/h8-10,14-15,18-21,24-25,29H,11-13,16-17,22-23H2,1-7H3,(H,39,45)(H,40,44)(H,41,47). The maximum absolute atomic E-state index is 14.0. The van der Waals surface area contributed by atoms with Crippen LogP contribution in [0.15, 0.2) is 67.1 Å². The van der Waals surface area contributed by atoms with Gasteiger partial charge in [-0.25, -0.2) is 9.78 Å². The molecular formula is C37H50N6O6. The molecule has 4 amide bonds. The molecule has 0 radical (unpaired) electrons. The van der Waals surface area contributed by atoms with E-state index >= 15 is 0 Å². The van der Waals surface area contributed by atoms with Crippen molar-refractivity contribution >= 4 is 29.6 Å². The molecule has 0 saturated carbocycles. The molecule has 2 aromatic carbocycles. The molecule has 12 heteroatoms. The second-order valence-corrected chi connectivity index (χ2v) is 14.1. The van der Waals surface area contributed by atoms with Crippen molar-refractivity contribution in [1.29, 1.82) is 0 Å². The van der Waals surface area contributed by atoms with Crippen LogP contribution in [0.3, 0.4) is 0 Å². The highest BCUT2D eigenvalue weighted by molar-refractivity contribution is 5.98. The third kappa shape index (κ3) is 9.61. The van der Waals surface area contributed by atoms with Crippen molar-refractivity contribution in [3.05, 3.63) is 78.2 Å². The molecule has 1 aliphatic rings. The van der Waals surface area contributed by atoms with Crippen molar-refractivity contribution in [2.24, 2.45) is 0 Å². The first kappa shape index (κ1) is 37.0. The molecule has 0 bridgehead atoms. The van der Waals surface area contributed by atoms with Crippen LogP contribution in [-0.4, -0.2) is 75.6 Å². The lowest BCUT2D eigenvalue weighted by Crippen LogP contribution is -2.58. The van der Waals surface area contributed by atoms with Crippen molar-refractivity contribution in [1.82, 2.24) is 25.1 Å². The molecule has 2 heterocycles. The highest BCUT2D eigenvalue weighted by Gasteiger charge is 2.41. The summed E-state index contributed by atoms with van der Waals surface area (Å²) in [5.74, 6) is -0.199. The van der Waals surface area contributed by atoms with Crippen LogP contribution in [0.25, 0.3) is 0 Å². The van der Waals surface area contributed by atoms with Gasteiger partial charge in [-0.05, 0) is 96.9 Å². The van der Waals surface area contributed by atoms with Crippen LogP contribution < -0.4 is 20.7 Å². The van der Waals surface area contributed by atoms with E-state index in [2.05, 4.69) is 20.9 Å². The summed E-state index contributed by atoms with van der Waals surface area (Å²) in [6, 6.07) is 16.3. The normalized spacial score (nSPS) is 15.1. The average molecular weight is 675 g/mol. The van der Waals surface area contributed by atoms with Crippen LogP contribution in [0.5, 0.6) is 5.75 Å². The van der Waals surface area contributed by atoms with Crippen molar-refractivity contribution in [2.75, 3.05) is 25.5 Å². The zero-order valence-electron chi connectivity index (χ0n) is 29.7. The maximum atomic E-state index is 14.0. The van der Waals surface area contributed by atoms with Crippen LogP contribution in [0.4, 0.5) is 10.6 Å². The second-order valence-electron chi connectivity index (χ2n) is 14.1. The number of nitrogens with zero attached hydrogens (tertiary/aromatic N) is 3. The summed E-state index contributed by atoms with van der Waals surface area (Å²) in [7, 11) is 1.59. The number of hydrogen-bond acceptors (Lipinski definition) is 7. The van der Waals surface area contributed by atoms with Gasteiger partial charge in [0.05, 0.1) is 13.4 Å². The Morgan fingerprint density at radius 2 is 1.57 bits per heavy atom. The number of anilines is 1. The molecule has 1 fully saturated rings. The number of nitrogens with one attached hydrogen (secondary N) is 3. The molecule has 264 valence electrons. The molecule has 12 nitrogen and oxygen atoms in total. The van der Waals surface area contributed by atoms with Crippen LogP contribution in [0.1, 0.15) is 78.4 Å². The van der Waals surface area contributed by atoms with Gasteiger partial charge in [0.1, 0.15) is 28.5 Å². The van der Waals surface area contributed by atoms with Crippen molar-refractivity contribution < 1.29 is 28.7 Å². The lowest BCUT2D eigenvalue weighted by Gasteiger charge is -2.34. The van der Waals surface area contributed by atoms with Crippen LogP contribution in [0.2, 0.25) is 0 Å². The first-order chi connectivity index (χ1) is 23.1. The van der Waals surface area contributed by atoms with Crippen molar-refractivity contribution in [3.8, 4) is 5.75 Å². The van der Waals surface area contributed by atoms with E-state index in [4.69, 9.17) is 9.47 Å². The lowest BCUT2D eigenvalue weighted by molar-refractivity contribution is -0.137. The highest BCUT2D eigenvalue weighted by Crippen LogP contribution is 2.32. The molecule has 4 rings (SSSR count). The van der Waals surface area contributed by atoms with E-state index in [0.717, 1.165) is 24.0 Å². The molecule has 2 atom stereocenters. The van der Waals surface area contributed by atoms with Gasteiger partial charge in [0.15, 0.2) is 5.82 Å². The predicted molar refractivity (Wildman–Crippen MR) is 187 cm³/mol. The summed E-state index contributed by atoms with van der Waals surface area (Å²) in [6.07, 6.45) is 5.94. The van der Waals surface area contributed by atoms with Crippen molar-refractivity contribution in [2.45, 2.75) is 96.4 Å². The summed E-state index contributed by atoms with van der Waals surface area (Å²) in [6.45, 7) is 11.5. The van der Waals surface area contributed by atoms with Gasteiger partial charge in [-0.15, -0.1) is 0 Å². The number of ether oxygens (including phenoxy) is 2. The Morgan fingerprint density at radius 1 is 0.918 bits per heavy atom. The summed E-state index contributed by atoms with van der Waals surface area (Å²) < 4.78 is 12.4. The Bertz CT molecular complexity index is 1590. The van der Waals surface area contributed by atoms with E-state index in [1.165, 1.54) is 6.33 Å². The number of aryl methyl sites for hydroxylation is 1. The monoisotopic (exact) mass is 674 g/mol. The number of imidazole rings is 1. The van der Waals surface area contributed by atoms with E-state index in [-0.39, 0.29) is 11.7 Å². The quantitative estimate of drug-likeness (QED) is 0.231. The smallest absolute Gasteiger partial charge is 0.408 e. The Hall–Kier alpha value is -4.87. The van der Waals surface area contributed by atoms with Gasteiger partial charge in [-0.1, -0.05) is 42.5 Å². The Kier molecular flexibility index (Phi) is 11.7. The molecule has 49 heavy (non-hydrogen) atoms. The lowest BCUT2D eigenvalue weighted by atomic mass is 9.90.